The van der Waals surface area contributed by atoms with Gasteiger partial charge in [-0.1, -0.05) is 18.2 Å². The molecule has 1 heteroatoms. The Balaban J connectivity index is 1.89. The molecule has 0 spiro atoms. The molecule has 1 aromatic carbocycles. The minimum absolute atomic E-state index is 0.812. The molecule has 1 atom stereocenters. The van der Waals surface area contributed by atoms with E-state index in [4.69, 9.17) is 0 Å². The van der Waals surface area contributed by atoms with Crippen molar-refractivity contribution in [1.29, 1.82) is 0 Å². The van der Waals surface area contributed by atoms with Crippen LogP contribution in [0.2, 0.25) is 0 Å². The lowest BCUT2D eigenvalue weighted by Crippen LogP contribution is -2.15. The molecule has 0 heterocycles. The van der Waals surface area contributed by atoms with Gasteiger partial charge in [0, 0.05) is 12.2 Å². The first-order valence-electron chi connectivity index (χ1n) is 6.22. The van der Waals surface area contributed by atoms with Gasteiger partial charge in [0.1, 0.15) is 0 Å². The van der Waals surface area contributed by atoms with Crippen LogP contribution < -0.4 is 5.32 Å². The molecule has 0 aromatic heterocycles. The summed E-state index contributed by atoms with van der Waals surface area (Å²) < 4.78 is 0. The maximum atomic E-state index is 3.55. The summed E-state index contributed by atoms with van der Waals surface area (Å²) in [6.45, 7) is 5.43. The zero-order valence-electron chi connectivity index (χ0n) is 10.3. The second-order valence-corrected chi connectivity index (χ2v) is 4.83. The summed E-state index contributed by atoms with van der Waals surface area (Å²) in [5.41, 5.74) is 4.00. The SMILES string of the molecule is Cc1ccc(NCC2CC=CCC2)cc1C. The van der Waals surface area contributed by atoms with Crippen molar-refractivity contribution < 1.29 is 0 Å². The van der Waals surface area contributed by atoms with Crippen molar-refractivity contribution in [3.8, 4) is 0 Å². The molecule has 0 saturated heterocycles. The number of aryl methyl sites for hydroxylation is 2. The van der Waals surface area contributed by atoms with Crippen molar-refractivity contribution in [2.24, 2.45) is 5.92 Å². The van der Waals surface area contributed by atoms with Gasteiger partial charge in [0.25, 0.3) is 0 Å². The van der Waals surface area contributed by atoms with E-state index in [2.05, 4.69) is 49.5 Å². The van der Waals surface area contributed by atoms with Gasteiger partial charge >= 0.3 is 0 Å². The Labute approximate surface area is 98.6 Å². The number of hydrogen-bond donors (Lipinski definition) is 1. The molecule has 1 aromatic rings. The van der Waals surface area contributed by atoms with Gasteiger partial charge in [-0.05, 0) is 62.3 Å². The summed E-state index contributed by atoms with van der Waals surface area (Å²) in [4.78, 5) is 0. The van der Waals surface area contributed by atoms with Crippen molar-refractivity contribution in [2.45, 2.75) is 33.1 Å². The summed E-state index contributed by atoms with van der Waals surface area (Å²) in [6, 6.07) is 6.62. The fraction of sp³-hybridized carbons (Fsp3) is 0.467. The highest BCUT2D eigenvalue weighted by atomic mass is 14.9. The highest BCUT2D eigenvalue weighted by Crippen LogP contribution is 2.20. The van der Waals surface area contributed by atoms with Crippen molar-refractivity contribution >= 4 is 5.69 Å². The monoisotopic (exact) mass is 215 g/mol. The van der Waals surface area contributed by atoms with Gasteiger partial charge in [0.15, 0.2) is 0 Å². The van der Waals surface area contributed by atoms with E-state index in [1.165, 1.54) is 36.1 Å². The fourth-order valence-corrected chi connectivity index (χ4v) is 2.16. The first-order chi connectivity index (χ1) is 7.75. The van der Waals surface area contributed by atoms with E-state index in [9.17, 15) is 0 Å². The first-order valence-corrected chi connectivity index (χ1v) is 6.22. The molecule has 2 rings (SSSR count). The molecule has 0 fully saturated rings. The number of anilines is 1. The van der Waals surface area contributed by atoms with E-state index in [1.807, 2.05) is 0 Å². The Morgan fingerprint density at radius 2 is 2.06 bits per heavy atom. The molecule has 16 heavy (non-hydrogen) atoms. The van der Waals surface area contributed by atoms with Gasteiger partial charge in [-0.2, -0.15) is 0 Å². The predicted octanol–water partition coefficient (Wildman–Crippen LogP) is 4.07. The quantitative estimate of drug-likeness (QED) is 0.749. The smallest absolute Gasteiger partial charge is 0.0343 e. The minimum atomic E-state index is 0.812. The number of benzene rings is 1. The molecule has 86 valence electrons. The third-order valence-electron chi connectivity index (χ3n) is 3.48. The van der Waals surface area contributed by atoms with Gasteiger partial charge in [-0.15, -0.1) is 0 Å². The van der Waals surface area contributed by atoms with Gasteiger partial charge < -0.3 is 5.32 Å². The summed E-state index contributed by atoms with van der Waals surface area (Å²) in [5.74, 6) is 0.812. The van der Waals surface area contributed by atoms with Crippen LogP contribution in [0.3, 0.4) is 0 Å². The second kappa shape index (κ2) is 5.20. The normalized spacial score (nSPS) is 19.8. The van der Waals surface area contributed by atoms with Crippen LogP contribution in [0.15, 0.2) is 30.4 Å². The average molecular weight is 215 g/mol. The lowest BCUT2D eigenvalue weighted by atomic mass is 9.94. The van der Waals surface area contributed by atoms with Crippen LogP contribution >= 0.6 is 0 Å². The molecule has 1 aliphatic rings. The van der Waals surface area contributed by atoms with E-state index in [0.29, 0.717) is 0 Å². The van der Waals surface area contributed by atoms with Crippen LogP contribution in [0.5, 0.6) is 0 Å². The molecule has 0 amide bonds. The van der Waals surface area contributed by atoms with E-state index in [0.717, 1.165) is 12.5 Å². The lowest BCUT2D eigenvalue weighted by molar-refractivity contribution is 0.504. The van der Waals surface area contributed by atoms with Gasteiger partial charge in [-0.25, -0.2) is 0 Å². The zero-order valence-corrected chi connectivity index (χ0v) is 10.3. The maximum absolute atomic E-state index is 3.55. The summed E-state index contributed by atoms with van der Waals surface area (Å²) in [7, 11) is 0. The number of hydrogen-bond acceptors (Lipinski definition) is 1. The first kappa shape index (κ1) is 11.3. The van der Waals surface area contributed by atoms with Gasteiger partial charge in [0.05, 0.1) is 0 Å². The van der Waals surface area contributed by atoms with Crippen LogP contribution in [-0.4, -0.2) is 6.54 Å². The number of allylic oxidation sites excluding steroid dienone is 2. The van der Waals surface area contributed by atoms with Crippen LogP contribution in [-0.2, 0) is 0 Å². The Bertz CT molecular complexity index is 379. The van der Waals surface area contributed by atoms with Crippen molar-refractivity contribution in [2.75, 3.05) is 11.9 Å². The topological polar surface area (TPSA) is 12.0 Å². The molecular weight excluding hydrogens is 194 g/mol. The Morgan fingerprint density at radius 1 is 1.19 bits per heavy atom. The van der Waals surface area contributed by atoms with Crippen LogP contribution in [0.25, 0.3) is 0 Å². The standard InChI is InChI=1S/C15H21N/c1-12-8-9-15(10-13(12)2)16-11-14-6-4-3-5-7-14/h3-4,8-10,14,16H,5-7,11H2,1-2H3. The van der Waals surface area contributed by atoms with E-state index in [1.54, 1.807) is 0 Å². The highest BCUT2D eigenvalue weighted by Gasteiger charge is 2.09. The number of rotatable bonds is 3. The predicted molar refractivity (Wildman–Crippen MR) is 70.9 cm³/mol. The molecule has 0 saturated carbocycles. The van der Waals surface area contributed by atoms with Crippen molar-refractivity contribution in [3.05, 3.63) is 41.5 Å². The molecule has 0 radical (unpaired) electrons. The summed E-state index contributed by atoms with van der Waals surface area (Å²) in [6.07, 6.45) is 8.42. The highest BCUT2D eigenvalue weighted by molar-refractivity contribution is 5.48. The third-order valence-corrected chi connectivity index (χ3v) is 3.48. The molecular formula is C15H21N. The van der Waals surface area contributed by atoms with Crippen LogP contribution in [0.1, 0.15) is 30.4 Å². The average Bonchev–Trinajstić information content (AvgIpc) is 2.32. The van der Waals surface area contributed by atoms with E-state index >= 15 is 0 Å². The summed E-state index contributed by atoms with van der Waals surface area (Å²) >= 11 is 0. The minimum Gasteiger partial charge on any atom is -0.385 e. The second-order valence-electron chi connectivity index (χ2n) is 4.83. The molecule has 1 nitrogen and oxygen atoms in total. The Morgan fingerprint density at radius 3 is 2.75 bits per heavy atom. The molecule has 1 N–H and O–H groups in total. The van der Waals surface area contributed by atoms with Crippen molar-refractivity contribution in [1.82, 2.24) is 0 Å². The Kier molecular flexibility index (Phi) is 3.66. The molecule has 1 aliphatic carbocycles. The molecule has 1 unspecified atom stereocenters. The molecule has 0 aliphatic heterocycles. The van der Waals surface area contributed by atoms with Crippen molar-refractivity contribution in [3.63, 3.8) is 0 Å². The van der Waals surface area contributed by atoms with Crippen LogP contribution in [0, 0.1) is 19.8 Å². The third kappa shape index (κ3) is 2.88. The zero-order chi connectivity index (χ0) is 11.4. The number of nitrogens with one attached hydrogen (secondary N) is 1. The maximum Gasteiger partial charge on any atom is 0.0343 e. The molecule has 0 bridgehead atoms. The van der Waals surface area contributed by atoms with E-state index < -0.39 is 0 Å². The van der Waals surface area contributed by atoms with Crippen LogP contribution in [0.4, 0.5) is 5.69 Å². The Hall–Kier alpha value is -1.24. The van der Waals surface area contributed by atoms with Gasteiger partial charge in [0.2, 0.25) is 0 Å². The van der Waals surface area contributed by atoms with Gasteiger partial charge in [-0.3, -0.25) is 0 Å². The largest absolute Gasteiger partial charge is 0.385 e. The summed E-state index contributed by atoms with van der Waals surface area (Å²) in [5, 5.41) is 3.55. The lowest BCUT2D eigenvalue weighted by Gasteiger charge is -2.19. The fourth-order valence-electron chi connectivity index (χ4n) is 2.16. The van der Waals surface area contributed by atoms with E-state index in [-0.39, 0.29) is 0 Å².